The Labute approximate surface area is 129 Å². The number of hydrogen-bond donors (Lipinski definition) is 1. The van der Waals surface area contributed by atoms with Crippen molar-refractivity contribution in [3.8, 4) is 0 Å². The van der Waals surface area contributed by atoms with Crippen LogP contribution in [0, 0.1) is 12.7 Å². The Bertz CT molecular complexity index is 680. The molecule has 0 unspecified atom stereocenters. The molecule has 1 aromatic carbocycles. The van der Waals surface area contributed by atoms with Gasteiger partial charge in [0.1, 0.15) is 10.8 Å². The molecule has 1 heterocycles. The van der Waals surface area contributed by atoms with Gasteiger partial charge in [0.2, 0.25) is 0 Å². The highest BCUT2D eigenvalue weighted by Crippen LogP contribution is 2.26. The normalized spacial score (nSPS) is 10.8. The van der Waals surface area contributed by atoms with Crippen molar-refractivity contribution >= 4 is 17.7 Å². The van der Waals surface area contributed by atoms with Gasteiger partial charge in [0, 0.05) is 12.7 Å². The van der Waals surface area contributed by atoms with Gasteiger partial charge in [0.05, 0.1) is 5.56 Å². The molecule has 0 atom stereocenters. The van der Waals surface area contributed by atoms with Crippen LogP contribution in [-0.4, -0.2) is 16.6 Å². The van der Waals surface area contributed by atoms with Gasteiger partial charge in [-0.05, 0) is 48.0 Å². The van der Waals surface area contributed by atoms with Crippen molar-refractivity contribution in [2.24, 2.45) is 0 Å². The zero-order valence-corrected chi connectivity index (χ0v) is 12.5. The van der Waals surface area contributed by atoms with E-state index in [-0.39, 0.29) is 34.7 Å². The van der Waals surface area contributed by atoms with Crippen LogP contribution in [0.25, 0.3) is 0 Å². The minimum absolute atomic E-state index is 0.0370. The van der Waals surface area contributed by atoms with Crippen molar-refractivity contribution in [2.75, 3.05) is 0 Å². The number of alkyl halides is 2. The van der Waals surface area contributed by atoms with E-state index < -0.39 is 11.7 Å². The summed E-state index contributed by atoms with van der Waals surface area (Å²) >= 11 is 0.214. The topological polar surface area (TPSA) is 42.0 Å². The standard InChI is InChI=1S/C15H13F3N2OS/c1-9-4-5-10(7-12(9)16)8-20-13(21)11-3-2-6-19-14(11)22-15(17)18/h2-7,15H,8H2,1H3,(H,20,21). The van der Waals surface area contributed by atoms with Crippen LogP contribution in [0.5, 0.6) is 0 Å². The molecule has 2 aromatic rings. The first-order chi connectivity index (χ1) is 10.5. The largest absolute Gasteiger partial charge is 0.348 e. The third-order valence-electron chi connectivity index (χ3n) is 2.91. The van der Waals surface area contributed by atoms with E-state index >= 15 is 0 Å². The van der Waals surface area contributed by atoms with Crippen molar-refractivity contribution in [1.29, 1.82) is 0 Å². The number of pyridine rings is 1. The highest BCUT2D eigenvalue weighted by molar-refractivity contribution is 7.99. The van der Waals surface area contributed by atoms with Gasteiger partial charge in [-0.25, -0.2) is 9.37 Å². The average molecular weight is 326 g/mol. The molecule has 22 heavy (non-hydrogen) atoms. The monoisotopic (exact) mass is 326 g/mol. The third kappa shape index (κ3) is 4.24. The SMILES string of the molecule is Cc1ccc(CNC(=O)c2cccnc2SC(F)F)cc1F. The Balaban J connectivity index is 2.07. The molecule has 7 heteroatoms. The van der Waals surface area contributed by atoms with Crippen molar-refractivity contribution in [2.45, 2.75) is 24.3 Å². The van der Waals surface area contributed by atoms with Crippen LogP contribution in [-0.2, 0) is 6.54 Å². The third-order valence-corrected chi connectivity index (χ3v) is 3.63. The highest BCUT2D eigenvalue weighted by Gasteiger charge is 2.16. The Morgan fingerprint density at radius 3 is 2.82 bits per heavy atom. The maximum Gasteiger partial charge on any atom is 0.290 e. The lowest BCUT2D eigenvalue weighted by atomic mass is 10.1. The van der Waals surface area contributed by atoms with Crippen LogP contribution >= 0.6 is 11.8 Å². The average Bonchev–Trinajstić information content (AvgIpc) is 2.48. The summed E-state index contributed by atoms with van der Waals surface area (Å²) in [6, 6.07) is 7.54. The molecule has 0 radical (unpaired) electrons. The van der Waals surface area contributed by atoms with E-state index in [1.807, 2.05) is 0 Å². The lowest BCUT2D eigenvalue weighted by Crippen LogP contribution is -2.23. The number of halogens is 3. The van der Waals surface area contributed by atoms with Crippen molar-refractivity contribution in [3.05, 3.63) is 59.0 Å². The highest BCUT2D eigenvalue weighted by atomic mass is 32.2. The van der Waals surface area contributed by atoms with E-state index in [9.17, 15) is 18.0 Å². The van der Waals surface area contributed by atoms with E-state index in [4.69, 9.17) is 0 Å². The summed E-state index contributed by atoms with van der Waals surface area (Å²) in [5.41, 5.74) is 1.17. The fraction of sp³-hybridized carbons (Fsp3) is 0.200. The fourth-order valence-corrected chi connectivity index (χ4v) is 2.34. The van der Waals surface area contributed by atoms with E-state index in [1.165, 1.54) is 24.4 Å². The minimum Gasteiger partial charge on any atom is -0.348 e. The van der Waals surface area contributed by atoms with Gasteiger partial charge in [-0.3, -0.25) is 4.79 Å². The second-order valence-electron chi connectivity index (χ2n) is 4.50. The molecule has 0 bridgehead atoms. The molecule has 0 saturated carbocycles. The van der Waals surface area contributed by atoms with Crippen molar-refractivity contribution in [3.63, 3.8) is 0 Å². The molecule has 0 spiro atoms. The predicted molar refractivity (Wildman–Crippen MR) is 78.4 cm³/mol. The molecule has 0 aliphatic rings. The second kappa shape index (κ2) is 7.31. The number of rotatable bonds is 5. The molecule has 1 N–H and O–H groups in total. The molecule has 116 valence electrons. The zero-order valence-electron chi connectivity index (χ0n) is 11.6. The van der Waals surface area contributed by atoms with Gasteiger partial charge >= 0.3 is 0 Å². The fourth-order valence-electron chi connectivity index (χ4n) is 1.77. The molecule has 2 rings (SSSR count). The van der Waals surface area contributed by atoms with Crippen LogP contribution in [0.15, 0.2) is 41.6 Å². The molecule has 0 aliphatic carbocycles. The van der Waals surface area contributed by atoms with Crippen LogP contribution in [0.2, 0.25) is 0 Å². The van der Waals surface area contributed by atoms with Gasteiger partial charge in [0.25, 0.3) is 11.7 Å². The number of carbonyl (C=O) groups is 1. The molecular weight excluding hydrogens is 313 g/mol. The maximum absolute atomic E-state index is 13.4. The molecule has 1 amide bonds. The molecule has 1 aromatic heterocycles. The molecule has 0 saturated heterocycles. The van der Waals surface area contributed by atoms with Gasteiger partial charge in [-0.2, -0.15) is 8.78 Å². The van der Waals surface area contributed by atoms with Gasteiger partial charge in [-0.15, -0.1) is 0 Å². The first-order valence-electron chi connectivity index (χ1n) is 6.40. The summed E-state index contributed by atoms with van der Waals surface area (Å²) in [5, 5.41) is 2.53. The molecule has 0 fully saturated rings. The number of thioether (sulfide) groups is 1. The Hall–Kier alpha value is -2.02. The lowest BCUT2D eigenvalue weighted by molar-refractivity contribution is 0.0947. The number of aryl methyl sites for hydroxylation is 1. The molecule has 3 nitrogen and oxygen atoms in total. The Morgan fingerprint density at radius 2 is 2.14 bits per heavy atom. The maximum atomic E-state index is 13.4. The zero-order chi connectivity index (χ0) is 16.1. The number of nitrogens with zero attached hydrogens (tertiary/aromatic N) is 1. The summed E-state index contributed by atoms with van der Waals surface area (Å²) < 4.78 is 38.3. The summed E-state index contributed by atoms with van der Waals surface area (Å²) in [6.07, 6.45) is 1.34. The molecular formula is C15H13F3N2OS. The van der Waals surface area contributed by atoms with E-state index in [1.54, 1.807) is 19.1 Å². The number of amides is 1. The number of nitrogens with one attached hydrogen (secondary N) is 1. The van der Waals surface area contributed by atoms with Gasteiger partial charge in [-0.1, -0.05) is 12.1 Å². The van der Waals surface area contributed by atoms with E-state index in [0.717, 1.165) is 0 Å². The second-order valence-corrected chi connectivity index (χ2v) is 5.48. The predicted octanol–water partition coefficient (Wildman–Crippen LogP) is 3.77. The van der Waals surface area contributed by atoms with Crippen LogP contribution in [0.1, 0.15) is 21.5 Å². The van der Waals surface area contributed by atoms with Crippen LogP contribution < -0.4 is 5.32 Å². The minimum atomic E-state index is -2.66. The summed E-state index contributed by atoms with van der Waals surface area (Å²) in [5.74, 6) is -3.55. The Morgan fingerprint density at radius 1 is 1.36 bits per heavy atom. The quantitative estimate of drug-likeness (QED) is 0.851. The van der Waals surface area contributed by atoms with E-state index in [2.05, 4.69) is 10.3 Å². The summed E-state index contributed by atoms with van der Waals surface area (Å²) in [4.78, 5) is 15.9. The molecule has 0 aliphatic heterocycles. The van der Waals surface area contributed by atoms with Crippen LogP contribution in [0.3, 0.4) is 0 Å². The van der Waals surface area contributed by atoms with Crippen molar-refractivity contribution < 1.29 is 18.0 Å². The number of benzene rings is 1. The lowest BCUT2D eigenvalue weighted by Gasteiger charge is -2.09. The summed E-state index contributed by atoms with van der Waals surface area (Å²) in [6.45, 7) is 1.74. The number of carbonyl (C=O) groups excluding carboxylic acids is 1. The smallest absolute Gasteiger partial charge is 0.290 e. The first-order valence-corrected chi connectivity index (χ1v) is 7.28. The van der Waals surface area contributed by atoms with Crippen LogP contribution in [0.4, 0.5) is 13.2 Å². The number of aromatic nitrogens is 1. The van der Waals surface area contributed by atoms with Gasteiger partial charge < -0.3 is 5.32 Å². The Kier molecular flexibility index (Phi) is 5.43. The first kappa shape index (κ1) is 16.4. The van der Waals surface area contributed by atoms with Crippen molar-refractivity contribution in [1.82, 2.24) is 10.3 Å². The van der Waals surface area contributed by atoms with E-state index in [0.29, 0.717) is 11.1 Å². The number of hydrogen-bond acceptors (Lipinski definition) is 3. The summed E-state index contributed by atoms with van der Waals surface area (Å²) in [7, 11) is 0. The van der Waals surface area contributed by atoms with Gasteiger partial charge in [0.15, 0.2) is 0 Å².